The van der Waals surface area contributed by atoms with Gasteiger partial charge in [-0.3, -0.25) is 13.4 Å². The summed E-state index contributed by atoms with van der Waals surface area (Å²) < 4.78 is 38.3. The molecule has 0 amide bonds. The Bertz CT molecular complexity index is 1490. The molecule has 3 heterocycles. The standard InChI is InChI=1S/C33H45N4O7P/c1-24(2)35-15-8-10-28(19-35)32(38)41-22-43-45(40,44-23-42-33(39)29-11-9-16-36(20-29)25(3)4)37-21-27(14-17-34(6)7)30-18-26(5)12-13-31(30)37/h8-9,12-13,15-16,18-21,24-25H,10-11,14,17,22-23H2,1-7H3. The number of nitrogens with zero attached hydrogens (tertiary/aromatic N) is 4. The van der Waals surface area contributed by atoms with E-state index in [-0.39, 0.29) is 12.1 Å². The number of likely N-dealkylation sites (N-methyl/N-ethyl adjacent to an activating group) is 1. The van der Waals surface area contributed by atoms with Crippen molar-refractivity contribution in [3.8, 4) is 0 Å². The second kappa shape index (κ2) is 15.1. The molecule has 0 N–H and O–H groups in total. The van der Waals surface area contributed by atoms with Crippen LogP contribution in [0.1, 0.15) is 51.7 Å². The van der Waals surface area contributed by atoms with Gasteiger partial charge in [-0.1, -0.05) is 23.8 Å². The fourth-order valence-electron chi connectivity index (χ4n) is 4.85. The van der Waals surface area contributed by atoms with E-state index in [9.17, 15) is 14.2 Å². The SMILES string of the molecule is Cc1ccc2c(c1)c(CCN(C)C)cn2P(=O)(OCOC(=O)C1=CN(C(C)C)C=CC1)OCOC(=O)C1=CN(C(C)C)C=CC1. The van der Waals surface area contributed by atoms with Gasteiger partial charge in [0.2, 0.25) is 13.6 Å². The van der Waals surface area contributed by atoms with E-state index in [4.69, 9.17) is 18.5 Å². The minimum Gasteiger partial charge on any atom is -0.434 e. The van der Waals surface area contributed by atoms with E-state index in [1.807, 2.05) is 101 Å². The van der Waals surface area contributed by atoms with Gasteiger partial charge in [0.15, 0.2) is 0 Å². The number of benzene rings is 1. The number of hydrogen-bond acceptors (Lipinski definition) is 10. The topological polar surface area (TPSA) is 103 Å². The number of aromatic nitrogens is 1. The Morgan fingerprint density at radius 1 is 0.889 bits per heavy atom. The fourth-order valence-corrected chi connectivity index (χ4v) is 6.26. The van der Waals surface area contributed by atoms with Crippen molar-refractivity contribution in [2.45, 2.75) is 66.0 Å². The van der Waals surface area contributed by atoms with Gasteiger partial charge in [-0.15, -0.1) is 0 Å². The van der Waals surface area contributed by atoms with Crippen molar-refractivity contribution in [3.63, 3.8) is 0 Å². The Kier molecular flexibility index (Phi) is 11.5. The zero-order chi connectivity index (χ0) is 32.7. The molecule has 45 heavy (non-hydrogen) atoms. The molecule has 0 bridgehead atoms. The normalized spacial score (nSPS) is 15.3. The highest BCUT2D eigenvalue weighted by atomic mass is 31.2. The summed E-state index contributed by atoms with van der Waals surface area (Å²) in [6, 6.07) is 6.11. The largest absolute Gasteiger partial charge is 0.445 e. The number of carbonyl (C=O) groups excluding carboxylic acids is 2. The first-order valence-corrected chi connectivity index (χ1v) is 16.7. The van der Waals surface area contributed by atoms with Crippen molar-refractivity contribution in [3.05, 3.63) is 83.6 Å². The molecule has 12 heteroatoms. The zero-order valence-electron chi connectivity index (χ0n) is 27.3. The molecule has 0 spiro atoms. The average Bonchev–Trinajstić information content (AvgIpc) is 3.38. The third kappa shape index (κ3) is 8.76. The van der Waals surface area contributed by atoms with Gasteiger partial charge < -0.3 is 24.2 Å². The van der Waals surface area contributed by atoms with Gasteiger partial charge in [0.25, 0.3) is 0 Å². The Morgan fingerprint density at radius 3 is 1.91 bits per heavy atom. The van der Waals surface area contributed by atoms with Crippen LogP contribution in [0, 0.1) is 6.92 Å². The summed E-state index contributed by atoms with van der Waals surface area (Å²) in [5, 5.41) is 0.902. The van der Waals surface area contributed by atoms with Crippen LogP contribution in [0.5, 0.6) is 0 Å². The lowest BCUT2D eigenvalue weighted by Crippen LogP contribution is -2.24. The van der Waals surface area contributed by atoms with Gasteiger partial charge in [-0.25, -0.2) is 14.2 Å². The maximum absolute atomic E-state index is 14.5. The van der Waals surface area contributed by atoms with E-state index in [2.05, 4.69) is 4.90 Å². The highest BCUT2D eigenvalue weighted by Gasteiger charge is 2.32. The van der Waals surface area contributed by atoms with Crippen LogP contribution in [0.2, 0.25) is 0 Å². The fraction of sp³-hybridized carbons (Fsp3) is 0.455. The maximum atomic E-state index is 14.5. The average molecular weight is 641 g/mol. The Morgan fingerprint density at radius 2 is 1.42 bits per heavy atom. The lowest BCUT2D eigenvalue weighted by molar-refractivity contribution is -0.147. The minimum atomic E-state index is -4.25. The van der Waals surface area contributed by atoms with Gasteiger partial charge in [0.1, 0.15) is 0 Å². The second-order valence-corrected chi connectivity index (χ2v) is 13.9. The van der Waals surface area contributed by atoms with Crippen molar-refractivity contribution in [2.24, 2.45) is 0 Å². The van der Waals surface area contributed by atoms with Gasteiger partial charge >= 0.3 is 19.7 Å². The first kappa shape index (κ1) is 34.2. The van der Waals surface area contributed by atoms with Crippen molar-refractivity contribution in [2.75, 3.05) is 34.2 Å². The molecule has 0 fully saturated rings. The van der Waals surface area contributed by atoms with Crippen LogP contribution in [-0.2, 0) is 39.1 Å². The third-order valence-corrected chi connectivity index (χ3v) is 9.21. The summed E-state index contributed by atoms with van der Waals surface area (Å²) in [5.41, 5.74) is 3.50. The number of esters is 2. The zero-order valence-corrected chi connectivity index (χ0v) is 28.2. The molecule has 0 unspecified atom stereocenters. The molecule has 2 aliphatic rings. The van der Waals surface area contributed by atoms with Crippen LogP contribution in [-0.4, -0.2) is 77.3 Å². The van der Waals surface area contributed by atoms with Gasteiger partial charge in [-0.05, 0) is 72.8 Å². The summed E-state index contributed by atoms with van der Waals surface area (Å²) in [7, 11) is -0.274. The van der Waals surface area contributed by atoms with Crippen molar-refractivity contribution >= 4 is 30.6 Å². The maximum Gasteiger partial charge on any atom is 0.445 e. The molecule has 2 aliphatic heterocycles. The van der Waals surface area contributed by atoms with Gasteiger partial charge in [-0.2, -0.15) is 0 Å². The van der Waals surface area contributed by atoms with Crippen LogP contribution >= 0.6 is 7.75 Å². The van der Waals surface area contributed by atoms with Crippen molar-refractivity contribution in [1.82, 2.24) is 19.0 Å². The van der Waals surface area contributed by atoms with Gasteiger partial charge in [0, 0.05) is 67.9 Å². The summed E-state index contributed by atoms with van der Waals surface area (Å²) in [5.74, 6) is -1.18. The van der Waals surface area contributed by atoms with E-state index >= 15 is 0 Å². The van der Waals surface area contributed by atoms with E-state index in [1.165, 1.54) is 4.34 Å². The van der Waals surface area contributed by atoms with Crippen LogP contribution in [0.15, 0.2) is 72.5 Å². The molecule has 244 valence electrons. The van der Waals surface area contributed by atoms with E-state index in [0.717, 1.165) is 23.1 Å². The number of rotatable bonds is 14. The number of fused-ring (bicyclic) bond motifs is 1. The lowest BCUT2D eigenvalue weighted by Gasteiger charge is -2.25. The quantitative estimate of drug-likeness (QED) is 0.137. The number of carbonyl (C=O) groups is 2. The minimum absolute atomic E-state index is 0.165. The predicted octanol–water partition coefficient (Wildman–Crippen LogP) is 6.07. The van der Waals surface area contributed by atoms with Crippen LogP contribution in [0.4, 0.5) is 0 Å². The molecule has 0 aliphatic carbocycles. The Balaban J connectivity index is 1.56. The number of allylic oxidation sites excluding steroid dienone is 2. The monoisotopic (exact) mass is 640 g/mol. The third-order valence-electron chi connectivity index (χ3n) is 7.48. The molecule has 1 aromatic heterocycles. The summed E-state index contributed by atoms with van der Waals surface area (Å²) >= 11 is 0. The number of ether oxygens (including phenoxy) is 2. The van der Waals surface area contributed by atoms with Gasteiger partial charge in [0.05, 0.1) is 16.7 Å². The first-order chi connectivity index (χ1) is 21.4. The molecular weight excluding hydrogens is 595 g/mol. The Hall–Kier alpha value is -3.63. The number of aryl methyl sites for hydroxylation is 1. The molecule has 2 aromatic rings. The van der Waals surface area contributed by atoms with Crippen LogP contribution in [0.3, 0.4) is 0 Å². The van der Waals surface area contributed by atoms with Crippen LogP contribution < -0.4 is 0 Å². The first-order valence-electron chi connectivity index (χ1n) is 15.2. The molecular formula is C33H45N4O7P. The lowest BCUT2D eigenvalue weighted by atomic mass is 10.1. The van der Waals surface area contributed by atoms with Crippen molar-refractivity contribution in [1.29, 1.82) is 0 Å². The summed E-state index contributed by atoms with van der Waals surface area (Å²) in [4.78, 5) is 31.7. The highest BCUT2D eigenvalue weighted by molar-refractivity contribution is 7.52. The summed E-state index contributed by atoms with van der Waals surface area (Å²) in [6.07, 6.45) is 14.3. The molecule has 4 rings (SSSR count). The molecule has 11 nitrogen and oxygen atoms in total. The van der Waals surface area contributed by atoms with E-state index < -0.39 is 33.3 Å². The smallest absolute Gasteiger partial charge is 0.434 e. The summed E-state index contributed by atoms with van der Waals surface area (Å²) in [6.45, 7) is 9.53. The number of hydrogen-bond donors (Lipinski definition) is 0. The van der Waals surface area contributed by atoms with E-state index in [1.54, 1.807) is 18.6 Å². The molecule has 0 saturated heterocycles. The molecule has 1 aromatic carbocycles. The molecule has 0 atom stereocenters. The van der Waals surface area contributed by atoms with Crippen LogP contribution in [0.25, 0.3) is 10.9 Å². The van der Waals surface area contributed by atoms with Crippen molar-refractivity contribution < 1.29 is 32.7 Å². The Labute approximate surface area is 265 Å². The highest BCUT2D eigenvalue weighted by Crippen LogP contribution is 2.52. The predicted molar refractivity (Wildman–Crippen MR) is 174 cm³/mol. The molecule has 0 radical (unpaired) electrons. The van der Waals surface area contributed by atoms with E-state index in [0.29, 0.717) is 35.9 Å². The second-order valence-electron chi connectivity index (χ2n) is 12.0. The molecule has 0 saturated carbocycles.